The zero-order valence-corrected chi connectivity index (χ0v) is 21.7. The molecule has 2 atom stereocenters. The number of ether oxygens (including phenoxy) is 1. The van der Waals surface area contributed by atoms with Gasteiger partial charge in [0.15, 0.2) is 5.96 Å². The second-order valence-electron chi connectivity index (χ2n) is 9.84. The van der Waals surface area contributed by atoms with Gasteiger partial charge in [0.1, 0.15) is 0 Å². The number of amides is 1. The van der Waals surface area contributed by atoms with Crippen LogP contribution >= 0.6 is 24.0 Å². The van der Waals surface area contributed by atoms with Crippen LogP contribution in [0, 0.1) is 11.3 Å². The van der Waals surface area contributed by atoms with E-state index in [4.69, 9.17) is 4.74 Å². The minimum atomic E-state index is 0. The Labute approximate surface area is 200 Å². The van der Waals surface area contributed by atoms with Crippen LogP contribution < -0.4 is 5.32 Å². The van der Waals surface area contributed by atoms with Crippen LogP contribution in [0.2, 0.25) is 0 Å². The summed E-state index contributed by atoms with van der Waals surface area (Å²) in [4.78, 5) is 23.6. The fraction of sp³-hybridized carbons (Fsp3) is 0.909. The molecule has 3 heterocycles. The normalized spacial score (nSPS) is 26.5. The van der Waals surface area contributed by atoms with Gasteiger partial charge in [0.2, 0.25) is 5.91 Å². The number of carbonyl (C=O) groups excluding carboxylic acids is 1. The van der Waals surface area contributed by atoms with Crippen molar-refractivity contribution in [2.45, 2.75) is 52.6 Å². The van der Waals surface area contributed by atoms with E-state index >= 15 is 0 Å². The van der Waals surface area contributed by atoms with Crippen LogP contribution in [-0.2, 0) is 9.53 Å². The molecule has 174 valence electrons. The fourth-order valence-corrected chi connectivity index (χ4v) is 4.94. The molecule has 0 radical (unpaired) electrons. The third kappa shape index (κ3) is 6.95. The monoisotopic (exact) mass is 535 g/mol. The lowest BCUT2D eigenvalue weighted by molar-refractivity contribution is -0.131. The molecule has 0 aromatic heterocycles. The molecule has 3 saturated heterocycles. The van der Waals surface area contributed by atoms with E-state index in [-0.39, 0.29) is 35.5 Å². The molecule has 3 rings (SSSR count). The van der Waals surface area contributed by atoms with Gasteiger partial charge in [-0.25, -0.2) is 0 Å². The average Bonchev–Trinajstić information content (AvgIpc) is 3.24. The Balaban J connectivity index is 0.00000320. The van der Waals surface area contributed by atoms with Gasteiger partial charge in [0.05, 0.1) is 12.6 Å². The Morgan fingerprint density at radius 3 is 2.30 bits per heavy atom. The molecule has 1 amide bonds. The summed E-state index contributed by atoms with van der Waals surface area (Å²) in [6.45, 7) is 14.7. The van der Waals surface area contributed by atoms with Crippen molar-refractivity contribution in [2.75, 3.05) is 66.0 Å². The molecule has 3 aliphatic heterocycles. The summed E-state index contributed by atoms with van der Waals surface area (Å²) >= 11 is 0. The Morgan fingerprint density at radius 1 is 1.03 bits per heavy atom. The van der Waals surface area contributed by atoms with E-state index < -0.39 is 0 Å². The second kappa shape index (κ2) is 11.9. The molecule has 0 bridgehead atoms. The summed E-state index contributed by atoms with van der Waals surface area (Å²) in [5, 5.41) is 3.61. The van der Waals surface area contributed by atoms with E-state index in [0.29, 0.717) is 18.4 Å². The van der Waals surface area contributed by atoms with Gasteiger partial charge >= 0.3 is 0 Å². The molecular weight excluding hydrogens is 493 g/mol. The van der Waals surface area contributed by atoms with Gasteiger partial charge in [-0.2, -0.15) is 0 Å². The topological polar surface area (TPSA) is 60.4 Å². The zero-order chi connectivity index (χ0) is 20.9. The highest BCUT2D eigenvalue weighted by Gasteiger charge is 2.35. The smallest absolute Gasteiger partial charge is 0.236 e. The van der Waals surface area contributed by atoms with Gasteiger partial charge in [-0.1, -0.05) is 20.8 Å². The number of nitrogens with one attached hydrogen (secondary N) is 1. The van der Waals surface area contributed by atoms with E-state index in [1.807, 2.05) is 11.9 Å². The summed E-state index contributed by atoms with van der Waals surface area (Å²) in [6.07, 6.45) is 4.95. The van der Waals surface area contributed by atoms with Gasteiger partial charge < -0.3 is 19.9 Å². The number of piperazine rings is 1. The summed E-state index contributed by atoms with van der Waals surface area (Å²) in [6, 6.07) is 0. The van der Waals surface area contributed by atoms with E-state index in [1.54, 1.807) is 0 Å². The highest BCUT2D eigenvalue weighted by atomic mass is 127. The molecule has 0 aromatic rings. The lowest BCUT2D eigenvalue weighted by Crippen LogP contribution is -2.55. The first-order chi connectivity index (χ1) is 13.9. The molecule has 1 N–H and O–H groups in total. The quantitative estimate of drug-likeness (QED) is 0.340. The maximum absolute atomic E-state index is 12.4. The summed E-state index contributed by atoms with van der Waals surface area (Å²) < 4.78 is 6.12. The number of halogens is 1. The van der Waals surface area contributed by atoms with E-state index in [0.717, 1.165) is 77.6 Å². The molecular formula is C22H42IN5O2. The highest BCUT2D eigenvalue weighted by Crippen LogP contribution is 2.33. The fourth-order valence-electron chi connectivity index (χ4n) is 4.94. The largest absolute Gasteiger partial charge is 0.377 e. The minimum absolute atomic E-state index is 0. The summed E-state index contributed by atoms with van der Waals surface area (Å²) in [7, 11) is 1.87. The lowest BCUT2D eigenvalue weighted by Gasteiger charge is -2.41. The first-order valence-electron chi connectivity index (χ1n) is 11.5. The number of nitrogens with zero attached hydrogens (tertiary/aromatic N) is 4. The molecule has 30 heavy (non-hydrogen) atoms. The molecule has 0 aromatic carbocycles. The van der Waals surface area contributed by atoms with Crippen molar-refractivity contribution in [2.24, 2.45) is 16.3 Å². The first kappa shape index (κ1) is 25.6. The van der Waals surface area contributed by atoms with Gasteiger partial charge in [-0.3, -0.25) is 14.7 Å². The van der Waals surface area contributed by atoms with Crippen molar-refractivity contribution in [1.29, 1.82) is 0 Å². The number of hydrogen-bond acceptors (Lipinski definition) is 4. The third-order valence-corrected chi connectivity index (χ3v) is 6.52. The minimum Gasteiger partial charge on any atom is -0.377 e. The van der Waals surface area contributed by atoms with Crippen LogP contribution in [-0.4, -0.2) is 98.7 Å². The standard InChI is InChI=1S/C22H41N5O2.HI/c1-22(2,3)20-18(8-7-15-29-20)16-24-21(23-4)27-13-11-25(12-14-27)17-19(28)26-9-5-6-10-26;/h18,20H,5-17H2,1-4H3,(H,23,24);1H. The Bertz CT molecular complexity index is 566. The van der Waals surface area contributed by atoms with Crippen molar-refractivity contribution in [3.63, 3.8) is 0 Å². The predicted molar refractivity (Wildman–Crippen MR) is 133 cm³/mol. The van der Waals surface area contributed by atoms with Crippen LogP contribution in [0.15, 0.2) is 4.99 Å². The van der Waals surface area contributed by atoms with Crippen LogP contribution in [0.5, 0.6) is 0 Å². The van der Waals surface area contributed by atoms with Crippen LogP contribution in [0.1, 0.15) is 46.5 Å². The Hall–Kier alpha value is -0.610. The van der Waals surface area contributed by atoms with Crippen molar-refractivity contribution in [1.82, 2.24) is 20.0 Å². The number of carbonyl (C=O) groups is 1. The Kier molecular flexibility index (Phi) is 10.1. The van der Waals surface area contributed by atoms with Crippen molar-refractivity contribution in [3.05, 3.63) is 0 Å². The lowest BCUT2D eigenvalue weighted by atomic mass is 9.78. The van der Waals surface area contributed by atoms with Crippen molar-refractivity contribution >= 4 is 35.8 Å². The van der Waals surface area contributed by atoms with Gasteiger partial charge in [-0.15, -0.1) is 24.0 Å². The number of hydrogen-bond donors (Lipinski definition) is 1. The summed E-state index contributed by atoms with van der Waals surface area (Å²) in [5.74, 6) is 1.79. The van der Waals surface area contributed by atoms with Crippen LogP contribution in [0.25, 0.3) is 0 Å². The molecule has 3 fully saturated rings. The predicted octanol–water partition coefficient (Wildman–Crippen LogP) is 2.26. The molecule has 2 unspecified atom stereocenters. The second-order valence-corrected chi connectivity index (χ2v) is 9.84. The van der Waals surface area contributed by atoms with Gasteiger partial charge in [-0.05, 0) is 31.1 Å². The SMILES string of the molecule is CN=C(NCC1CCCOC1C(C)(C)C)N1CCN(CC(=O)N2CCCC2)CC1.I. The number of guanidine groups is 1. The molecule has 8 heteroatoms. The molecule has 0 aliphatic carbocycles. The highest BCUT2D eigenvalue weighted by molar-refractivity contribution is 14.0. The van der Waals surface area contributed by atoms with Crippen molar-refractivity contribution < 1.29 is 9.53 Å². The molecule has 0 saturated carbocycles. The van der Waals surface area contributed by atoms with Gasteiger partial charge in [0, 0.05) is 65.4 Å². The molecule has 3 aliphatic rings. The number of likely N-dealkylation sites (tertiary alicyclic amines) is 1. The van der Waals surface area contributed by atoms with Gasteiger partial charge in [0.25, 0.3) is 0 Å². The van der Waals surface area contributed by atoms with E-state index in [2.05, 4.69) is 40.9 Å². The van der Waals surface area contributed by atoms with E-state index in [9.17, 15) is 4.79 Å². The molecule has 0 spiro atoms. The number of aliphatic imine (C=N–C) groups is 1. The molecule has 7 nitrogen and oxygen atoms in total. The maximum Gasteiger partial charge on any atom is 0.236 e. The average molecular weight is 536 g/mol. The van der Waals surface area contributed by atoms with Crippen molar-refractivity contribution in [3.8, 4) is 0 Å². The van der Waals surface area contributed by atoms with E-state index in [1.165, 1.54) is 6.42 Å². The summed E-state index contributed by atoms with van der Waals surface area (Å²) in [5.41, 5.74) is 0.157. The maximum atomic E-state index is 12.4. The zero-order valence-electron chi connectivity index (χ0n) is 19.4. The Morgan fingerprint density at radius 2 is 1.70 bits per heavy atom. The number of rotatable bonds is 4. The third-order valence-electron chi connectivity index (χ3n) is 6.52. The first-order valence-corrected chi connectivity index (χ1v) is 11.5. The van der Waals surface area contributed by atoms with Crippen LogP contribution in [0.3, 0.4) is 0 Å². The van der Waals surface area contributed by atoms with Crippen LogP contribution in [0.4, 0.5) is 0 Å².